The summed E-state index contributed by atoms with van der Waals surface area (Å²) in [5.41, 5.74) is 0.860. The second-order valence-corrected chi connectivity index (χ2v) is 7.02. The van der Waals surface area contributed by atoms with Crippen molar-refractivity contribution in [2.45, 2.75) is 19.6 Å². The van der Waals surface area contributed by atoms with E-state index in [2.05, 4.69) is 10.1 Å². The van der Waals surface area contributed by atoms with Crippen LogP contribution in [0.25, 0.3) is 0 Å². The van der Waals surface area contributed by atoms with Crippen LogP contribution in [0, 0.1) is 0 Å². The molecule has 1 N–H and O–H groups in total. The molecule has 0 saturated heterocycles. The fourth-order valence-electron chi connectivity index (χ4n) is 1.64. The smallest absolute Gasteiger partial charge is 0.387 e. The lowest BCUT2D eigenvalue weighted by atomic mass is 10.1. The van der Waals surface area contributed by atoms with Gasteiger partial charge in [0.05, 0.1) is 5.75 Å². The van der Waals surface area contributed by atoms with Gasteiger partial charge in [-0.1, -0.05) is 12.1 Å². The molecule has 1 aromatic rings. The number of hydrogen-bond acceptors (Lipinski definition) is 4. The Balaban J connectivity index is 2.51. The van der Waals surface area contributed by atoms with Crippen molar-refractivity contribution in [3.05, 3.63) is 29.8 Å². The van der Waals surface area contributed by atoms with E-state index in [0.717, 1.165) is 5.56 Å². The van der Waals surface area contributed by atoms with Gasteiger partial charge in [0.1, 0.15) is 5.75 Å². The quantitative estimate of drug-likeness (QED) is 0.793. The molecule has 0 bridgehead atoms. The van der Waals surface area contributed by atoms with E-state index in [1.165, 1.54) is 30.5 Å². The lowest BCUT2D eigenvalue weighted by Gasteiger charge is -2.16. The number of sulfonamides is 1. The highest BCUT2D eigenvalue weighted by molar-refractivity contribution is 7.89. The van der Waals surface area contributed by atoms with Gasteiger partial charge in [-0.2, -0.15) is 8.78 Å². The van der Waals surface area contributed by atoms with Crippen molar-refractivity contribution in [2.24, 2.45) is 0 Å². The van der Waals surface area contributed by atoms with Crippen LogP contribution in [0.1, 0.15) is 18.5 Å². The predicted octanol–water partition coefficient (Wildman–Crippen LogP) is 1.83. The molecule has 0 aliphatic heterocycles. The molecule has 120 valence electrons. The number of nitrogens with one attached hydrogen (secondary N) is 1. The third kappa shape index (κ3) is 5.94. The molecule has 8 heteroatoms. The second-order valence-electron chi connectivity index (χ2n) is 4.72. The van der Waals surface area contributed by atoms with Gasteiger partial charge in [0.15, 0.2) is 0 Å². The van der Waals surface area contributed by atoms with Crippen molar-refractivity contribution >= 4 is 10.0 Å². The molecule has 0 aliphatic rings. The van der Waals surface area contributed by atoms with Crippen LogP contribution < -0.4 is 10.1 Å². The predicted molar refractivity (Wildman–Crippen MR) is 77.0 cm³/mol. The van der Waals surface area contributed by atoms with Gasteiger partial charge >= 0.3 is 6.61 Å². The van der Waals surface area contributed by atoms with Crippen LogP contribution in [0.5, 0.6) is 5.75 Å². The molecule has 0 spiro atoms. The maximum absolute atomic E-state index is 12.0. The molecule has 21 heavy (non-hydrogen) atoms. The summed E-state index contributed by atoms with van der Waals surface area (Å²) < 4.78 is 52.7. The highest BCUT2D eigenvalue weighted by Gasteiger charge is 2.14. The third-order valence-corrected chi connectivity index (χ3v) is 4.80. The van der Waals surface area contributed by atoms with E-state index in [9.17, 15) is 17.2 Å². The van der Waals surface area contributed by atoms with E-state index in [0.29, 0.717) is 6.54 Å². The van der Waals surface area contributed by atoms with Gasteiger partial charge in [-0.05, 0) is 24.6 Å². The van der Waals surface area contributed by atoms with Crippen LogP contribution in [0.15, 0.2) is 24.3 Å². The van der Waals surface area contributed by atoms with Gasteiger partial charge in [-0.25, -0.2) is 12.7 Å². The lowest BCUT2D eigenvalue weighted by Crippen LogP contribution is -2.32. The fraction of sp³-hybridized carbons (Fsp3) is 0.538. The summed E-state index contributed by atoms with van der Waals surface area (Å²) in [6, 6.07) is 6.14. The molecule has 1 atom stereocenters. The molecule has 1 unspecified atom stereocenters. The molecule has 0 fully saturated rings. The maximum Gasteiger partial charge on any atom is 0.387 e. The normalized spacial score (nSPS) is 13.7. The van der Waals surface area contributed by atoms with E-state index < -0.39 is 16.6 Å². The average molecular weight is 322 g/mol. The summed E-state index contributed by atoms with van der Waals surface area (Å²) >= 11 is 0. The Labute approximate surface area is 124 Å². The minimum atomic E-state index is -3.23. The van der Waals surface area contributed by atoms with E-state index in [1.54, 1.807) is 12.1 Å². The van der Waals surface area contributed by atoms with E-state index in [1.807, 2.05) is 6.92 Å². The van der Waals surface area contributed by atoms with Crippen molar-refractivity contribution in [3.63, 3.8) is 0 Å². The number of nitrogens with zero attached hydrogens (tertiary/aromatic N) is 1. The van der Waals surface area contributed by atoms with Gasteiger partial charge < -0.3 is 10.1 Å². The summed E-state index contributed by atoms with van der Waals surface area (Å²) in [6.45, 7) is -0.676. The number of alkyl halides is 2. The number of benzene rings is 1. The molecule has 0 aromatic heterocycles. The molecular formula is C13H20F2N2O3S. The molecule has 5 nitrogen and oxygen atoms in total. The minimum Gasteiger partial charge on any atom is -0.435 e. The molecule has 0 heterocycles. The number of halogens is 2. The number of hydrogen-bond donors (Lipinski definition) is 1. The topological polar surface area (TPSA) is 58.6 Å². The highest BCUT2D eigenvalue weighted by atomic mass is 32.2. The SMILES string of the molecule is CC(NCCS(=O)(=O)N(C)C)c1ccc(OC(F)F)cc1. The van der Waals surface area contributed by atoms with Gasteiger partial charge in [0.25, 0.3) is 0 Å². The lowest BCUT2D eigenvalue weighted by molar-refractivity contribution is -0.0498. The van der Waals surface area contributed by atoms with E-state index >= 15 is 0 Å². The third-order valence-electron chi connectivity index (χ3n) is 2.97. The van der Waals surface area contributed by atoms with Gasteiger partial charge in [0.2, 0.25) is 10.0 Å². The van der Waals surface area contributed by atoms with Crippen LogP contribution in [-0.4, -0.2) is 45.7 Å². The monoisotopic (exact) mass is 322 g/mol. The Hall–Kier alpha value is -1.25. The first-order valence-electron chi connectivity index (χ1n) is 6.40. The van der Waals surface area contributed by atoms with Crippen molar-refractivity contribution in [2.75, 3.05) is 26.4 Å². The van der Waals surface area contributed by atoms with Crippen LogP contribution >= 0.6 is 0 Å². The van der Waals surface area contributed by atoms with Crippen LogP contribution in [0.3, 0.4) is 0 Å². The first-order chi connectivity index (χ1) is 9.72. The molecule has 0 aliphatic carbocycles. The Morgan fingerprint density at radius 3 is 2.29 bits per heavy atom. The second kappa shape index (κ2) is 7.67. The van der Waals surface area contributed by atoms with Crippen LogP contribution in [0.2, 0.25) is 0 Å². The van der Waals surface area contributed by atoms with Gasteiger partial charge in [0, 0.05) is 26.7 Å². The molecule has 1 rings (SSSR count). The van der Waals surface area contributed by atoms with Crippen molar-refractivity contribution in [1.82, 2.24) is 9.62 Å². The first kappa shape index (κ1) is 17.8. The highest BCUT2D eigenvalue weighted by Crippen LogP contribution is 2.19. The number of rotatable bonds is 8. The molecule has 1 aromatic carbocycles. The zero-order valence-corrected chi connectivity index (χ0v) is 13.0. The van der Waals surface area contributed by atoms with Crippen molar-refractivity contribution < 1.29 is 21.9 Å². The summed E-state index contributed by atoms with van der Waals surface area (Å²) in [7, 11) is -0.256. The number of ether oxygens (including phenoxy) is 1. The van der Waals surface area contributed by atoms with E-state index in [4.69, 9.17) is 0 Å². The van der Waals surface area contributed by atoms with Gasteiger partial charge in [-0.3, -0.25) is 0 Å². The summed E-state index contributed by atoms with van der Waals surface area (Å²) in [6.07, 6.45) is 0. The Morgan fingerprint density at radius 1 is 1.24 bits per heavy atom. The van der Waals surface area contributed by atoms with E-state index in [-0.39, 0.29) is 17.5 Å². The summed E-state index contributed by atoms with van der Waals surface area (Å²) in [4.78, 5) is 0. The summed E-state index contributed by atoms with van der Waals surface area (Å²) in [5, 5.41) is 3.08. The summed E-state index contributed by atoms with van der Waals surface area (Å²) in [5.74, 6) is 0.0906. The zero-order valence-electron chi connectivity index (χ0n) is 12.2. The largest absolute Gasteiger partial charge is 0.435 e. The van der Waals surface area contributed by atoms with Crippen LogP contribution in [0.4, 0.5) is 8.78 Å². The fourth-order valence-corrected chi connectivity index (χ4v) is 2.38. The maximum atomic E-state index is 12.0. The van der Waals surface area contributed by atoms with Gasteiger partial charge in [-0.15, -0.1) is 0 Å². The first-order valence-corrected chi connectivity index (χ1v) is 8.01. The molecule has 0 saturated carbocycles. The Bertz CT molecular complexity index is 533. The molecule has 0 radical (unpaired) electrons. The standard InChI is InChI=1S/C13H20F2N2O3S/c1-10(16-8-9-21(18,19)17(2)3)11-4-6-12(7-5-11)20-13(14)15/h4-7,10,13,16H,8-9H2,1-3H3. The Morgan fingerprint density at radius 2 is 1.81 bits per heavy atom. The molecular weight excluding hydrogens is 302 g/mol. The van der Waals surface area contributed by atoms with Crippen LogP contribution in [-0.2, 0) is 10.0 Å². The average Bonchev–Trinajstić information content (AvgIpc) is 2.38. The van der Waals surface area contributed by atoms with Crippen molar-refractivity contribution in [1.29, 1.82) is 0 Å². The Kier molecular flexibility index (Phi) is 6.50. The zero-order chi connectivity index (χ0) is 16.0. The molecule has 0 amide bonds. The minimum absolute atomic E-state index is 0.00306. The van der Waals surface area contributed by atoms with Crippen molar-refractivity contribution in [3.8, 4) is 5.75 Å².